The Morgan fingerprint density at radius 1 is 1.04 bits per heavy atom. The van der Waals surface area contributed by atoms with Crippen LogP contribution in [0.2, 0.25) is 0 Å². The van der Waals surface area contributed by atoms with Crippen LogP contribution >= 0.6 is 11.3 Å². The number of hydrogen-bond acceptors (Lipinski definition) is 6. The maximum absolute atomic E-state index is 5.88. The maximum atomic E-state index is 5.88. The quantitative estimate of drug-likeness (QED) is 0.573. The van der Waals surface area contributed by atoms with E-state index in [4.69, 9.17) is 4.74 Å². The summed E-state index contributed by atoms with van der Waals surface area (Å²) >= 11 is 1.62. The molecular weight excluding hydrogens is 344 g/mol. The van der Waals surface area contributed by atoms with Gasteiger partial charge in [0.15, 0.2) is 0 Å². The second-order valence-electron chi connectivity index (χ2n) is 6.12. The third kappa shape index (κ3) is 5.26. The molecule has 1 aromatic carbocycles. The third-order valence-electron chi connectivity index (χ3n) is 4.16. The molecule has 0 saturated carbocycles. The lowest BCUT2D eigenvalue weighted by molar-refractivity contribution is 0.323. The Morgan fingerprint density at radius 2 is 1.81 bits per heavy atom. The van der Waals surface area contributed by atoms with Gasteiger partial charge in [0, 0.05) is 30.7 Å². The van der Waals surface area contributed by atoms with Crippen LogP contribution in [0.3, 0.4) is 0 Å². The molecule has 0 saturated heterocycles. The highest BCUT2D eigenvalue weighted by Crippen LogP contribution is 2.13. The summed E-state index contributed by atoms with van der Waals surface area (Å²) in [6.45, 7) is 6.30. The van der Waals surface area contributed by atoms with Crippen LogP contribution in [0.5, 0.6) is 5.75 Å². The van der Waals surface area contributed by atoms with Crippen molar-refractivity contribution >= 4 is 17.3 Å². The molecule has 0 N–H and O–H groups in total. The molecule has 2 aromatic heterocycles. The number of hydrogen-bond donors (Lipinski definition) is 0. The van der Waals surface area contributed by atoms with Crippen molar-refractivity contribution in [1.82, 2.24) is 15.0 Å². The monoisotopic (exact) mass is 368 g/mol. The summed E-state index contributed by atoms with van der Waals surface area (Å²) in [6.07, 6.45) is 5.61. The van der Waals surface area contributed by atoms with E-state index in [0.717, 1.165) is 48.9 Å². The van der Waals surface area contributed by atoms with Crippen LogP contribution in [-0.2, 0) is 12.8 Å². The molecule has 2 heterocycles. The second kappa shape index (κ2) is 9.29. The Kier molecular flexibility index (Phi) is 6.55. The standard InChI is InChI=1S/C20H24N4OS/c1-3-17-12-21-20(22-13-17)24(9-8-18-14-26-15-23-18)10-11-25-19-6-4-16(2)5-7-19/h4-7,12-15H,3,8-11H2,1-2H3. The number of nitrogens with zero attached hydrogens (tertiary/aromatic N) is 4. The molecule has 5 nitrogen and oxygen atoms in total. The van der Waals surface area contributed by atoms with Gasteiger partial charge in [0.05, 0.1) is 17.7 Å². The number of benzene rings is 1. The average molecular weight is 369 g/mol. The van der Waals surface area contributed by atoms with Gasteiger partial charge in [0.25, 0.3) is 0 Å². The van der Waals surface area contributed by atoms with Crippen molar-refractivity contribution in [2.75, 3.05) is 24.6 Å². The van der Waals surface area contributed by atoms with E-state index >= 15 is 0 Å². The molecule has 0 aliphatic heterocycles. The molecule has 0 spiro atoms. The normalized spacial score (nSPS) is 10.7. The molecule has 26 heavy (non-hydrogen) atoms. The first-order chi connectivity index (χ1) is 12.7. The van der Waals surface area contributed by atoms with Crippen LogP contribution in [-0.4, -0.2) is 34.6 Å². The summed E-state index contributed by atoms with van der Waals surface area (Å²) in [5.74, 6) is 1.63. The highest BCUT2D eigenvalue weighted by molar-refractivity contribution is 7.07. The minimum absolute atomic E-state index is 0.582. The molecule has 136 valence electrons. The van der Waals surface area contributed by atoms with Crippen molar-refractivity contribution in [1.29, 1.82) is 0 Å². The molecule has 3 rings (SSSR count). The van der Waals surface area contributed by atoms with Crippen molar-refractivity contribution in [3.63, 3.8) is 0 Å². The maximum Gasteiger partial charge on any atom is 0.225 e. The van der Waals surface area contributed by atoms with E-state index in [-0.39, 0.29) is 0 Å². The van der Waals surface area contributed by atoms with Crippen molar-refractivity contribution < 1.29 is 4.74 Å². The van der Waals surface area contributed by atoms with Crippen LogP contribution < -0.4 is 9.64 Å². The van der Waals surface area contributed by atoms with Gasteiger partial charge in [-0.25, -0.2) is 15.0 Å². The number of aromatic nitrogens is 3. The molecule has 0 radical (unpaired) electrons. The minimum atomic E-state index is 0.582. The SMILES string of the molecule is CCc1cnc(N(CCOc2ccc(C)cc2)CCc2cscn2)nc1. The van der Waals surface area contributed by atoms with Gasteiger partial charge in [-0.2, -0.15) is 0 Å². The van der Waals surface area contributed by atoms with Gasteiger partial charge in [-0.15, -0.1) is 11.3 Å². The van der Waals surface area contributed by atoms with E-state index in [9.17, 15) is 0 Å². The van der Waals surface area contributed by atoms with Crippen molar-refractivity contribution in [3.05, 3.63) is 64.4 Å². The van der Waals surface area contributed by atoms with E-state index in [2.05, 4.69) is 51.2 Å². The molecule has 0 aliphatic carbocycles. The predicted molar refractivity (Wildman–Crippen MR) is 106 cm³/mol. The lowest BCUT2D eigenvalue weighted by Gasteiger charge is -2.22. The Labute approximate surface area is 158 Å². The Hall–Kier alpha value is -2.47. The van der Waals surface area contributed by atoms with Gasteiger partial charge in [0.1, 0.15) is 12.4 Å². The van der Waals surface area contributed by atoms with Gasteiger partial charge < -0.3 is 9.64 Å². The number of thiazole rings is 1. The molecule has 6 heteroatoms. The summed E-state index contributed by atoms with van der Waals surface area (Å²) < 4.78 is 5.88. The summed E-state index contributed by atoms with van der Waals surface area (Å²) in [7, 11) is 0. The Morgan fingerprint density at radius 3 is 2.46 bits per heavy atom. The third-order valence-corrected chi connectivity index (χ3v) is 4.79. The lowest BCUT2D eigenvalue weighted by atomic mass is 10.2. The Bertz CT molecular complexity index is 773. The Balaban J connectivity index is 1.61. The fourth-order valence-corrected chi connectivity index (χ4v) is 3.12. The lowest BCUT2D eigenvalue weighted by Crippen LogP contribution is -2.32. The number of anilines is 1. The molecule has 0 fully saturated rings. The van der Waals surface area contributed by atoms with Gasteiger partial charge in [-0.3, -0.25) is 0 Å². The van der Waals surface area contributed by atoms with Crippen LogP contribution in [0, 0.1) is 6.92 Å². The largest absolute Gasteiger partial charge is 0.492 e. The summed E-state index contributed by atoms with van der Waals surface area (Å²) in [4.78, 5) is 15.6. The number of rotatable bonds is 9. The second-order valence-corrected chi connectivity index (χ2v) is 6.84. The van der Waals surface area contributed by atoms with Gasteiger partial charge in [-0.1, -0.05) is 24.6 Å². The van der Waals surface area contributed by atoms with Crippen molar-refractivity contribution in [3.8, 4) is 5.75 Å². The zero-order valence-corrected chi connectivity index (χ0v) is 16.1. The van der Waals surface area contributed by atoms with E-state index < -0.39 is 0 Å². The first kappa shape index (κ1) is 18.3. The van der Waals surface area contributed by atoms with E-state index in [1.807, 2.05) is 30.0 Å². The zero-order valence-electron chi connectivity index (χ0n) is 15.3. The van der Waals surface area contributed by atoms with E-state index in [1.165, 1.54) is 5.56 Å². The zero-order chi connectivity index (χ0) is 18.2. The smallest absolute Gasteiger partial charge is 0.225 e. The highest BCUT2D eigenvalue weighted by atomic mass is 32.1. The minimum Gasteiger partial charge on any atom is -0.492 e. The molecule has 0 atom stereocenters. The summed E-state index contributed by atoms with van der Waals surface area (Å²) in [6, 6.07) is 8.12. The van der Waals surface area contributed by atoms with Gasteiger partial charge in [0.2, 0.25) is 5.95 Å². The van der Waals surface area contributed by atoms with Crippen LogP contribution in [0.4, 0.5) is 5.95 Å². The van der Waals surface area contributed by atoms with Crippen LogP contribution in [0.15, 0.2) is 47.5 Å². The molecule has 0 aliphatic rings. The first-order valence-electron chi connectivity index (χ1n) is 8.87. The topological polar surface area (TPSA) is 51.1 Å². The highest BCUT2D eigenvalue weighted by Gasteiger charge is 2.11. The summed E-state index contributed by atoms with van der Waals surface area (Å²) in [5, 5.41) is 2.09. The molecule has 3 aromatic rings. The van der Waals surface area contributed by atoms with Gasteiger partial charge in [-0.05, 0) is 31.0 Å². The van der Waals surface area contributed by atoms with Crippen molar-refractivity contribution in [2.24, 2.45) is 0 Å². The average Bonchev–Trinajstić information content (AvgIpc) is 3.20. The predicted octanol–water partition coefficient (Wildman–Crippen LogP) is 3.93. The van der Waals surface area contributed by atoms with Gasteiger partial charge >= 0.3 is 0 Å². The molecular formula is C20H24N4OS. The van der Waals surface area contributed by atoms with Crippen LogP contribution in [0.25, 0.3) is 0 Å². The first-order valence-corrected chi connectivity index (χ1v) is 9.81. The number of aryl methyl sites for hydroxylation is 2. The van der Waals surface area contributed by atoms with Crippen LogP contribution in [0.1, 0.15) is 23.7 Å². The fraction of sp³-hybridized carbons (Fsp3) is 0.350. The molecule has 0 bridgehead atoms. The summed E-state index contributed by atoms with van der Waals surface area (Å²) in [5.41, 5.74) is 5.34. The fourth-order valence-electron chi connectivity index (χ4n) is 2.52. The van der Waals surface area contributed by atoms with Crippen molar-refractivity contribution in [2.45, 2.75) is 26.7 Å². The van der Waals surface area contributed by atoms with E-state index in [1.54, 1.807) is 11.3 Å². The molecule has 0 amide bonds. The van der Waals surface area contributed by atoms with E-state index in [0.29, 0.717) is 6.61 Å². The number of ether oxygens (including phenoxy) is 1. The molecule has 0 unspecified atom stereocenters.